The van der Waals surface area contributed by atoms with Gasteiger partial charge in [-0.15, -0.1) is 0 Å². The fourth-order valence-electron chi connectivity index (χ4n) is 1.30. The molecule has 1 amide bonds. The van der Waals surface area contributed by atoms with Gasteiger partial charge in [0.25, 0.3) is 0 Å². The second-order valence-corrected chi connectivity index (χ2v) is 4.86. The number of amides is 1. The standard InChI is InChI=1S/C12H14BrNO3/c1-8(13)11(15)14-10(12(16)17-2)9-6-4-3-5-7-9/h3-8,10H,1-2H3,(H,14,15). The van der Waals surface area contributed by atoms with E-state index in [1.54, 1.807) is 31.2 Å². The molecule has 2 unspecified atom stereocenters. The smallest absolute Gasteiger partial charge is 0.333 e. The Morgan fingerprint density at radius 2 is 1.88 bits per heavy atom. The van der Waals surface area contributed by atoms with Crippen LogP contribution < -0.4 is 5.32 Å². The average Bonchev–Trinajstić information content (AvgIpc) is 2.35. The van der Waals surface area contributed by atoms with Gasteiger partial charge >= 0.3 is 5.97 Å². The van der Waals surface area contributed by atoms with Crippen molar-refractivity contribution >= 4 is 27.8 Å². The van der Waals surface area contributed by atoms with Gasteiger partial charge in [0.2, 0.25) is 5.91 Å². The molecule has 1 rings (SSSR count). The van der Waals surface area contributed by atoms with Crippen LogP contribution in [0.4, 0.5) is 0 Å². The van der Waals surface area contributed by atoms with Gasteiger partial charge in [0.05, 0.1) is 11.9 Å². The summed E-state index contributed by atoms with van der Waals surface area (Å²) in [6.45, 7) is 1.69. The molecule has 0 radical (unpaired) electrons. The lowest BCUT2D eigenvalue weighted by Gasteiger charge is -2.17. The maximum absolute atomic E-state index is 11.6. The Balaban J connectivity index is 2.90. The highest BCUT2D eigenvalue weighted by Crippen LogP contribution is 2.15. The van der Waals surface area contributed by atoms with Gasteiger partial charge in [-0.3, -0.25) is 4.79 Å². The summed E-state index contributed by atoms with van der Waals surface area (Å²) >= 11 is 3.15. The SMILES string of the molecule is COC(=O)C(NC(=O)C(C)Br)c1ccccc1. The molecule has 5 heteroatoms. The normalized spacial score (nSPS) is 13.6. The molecule has 17 heavy (non-hydrogen) atoms. The fraction of sp³-hybridized carbons (Fsp3) is 0.333. The Labute approximate surface area is 108 Å². The highest BCUT2D eigenvalue weighted by molar-refractivity contribution is 9.10. The van der Waals surface area contributed by atoms with Crippen LogP contribution in [0.25, 0.3) is 0 Å². The molecular weight excluding hydrogens is 286 g/mol. The van der Waals surface area contributed by atoms with Crippen LogP contribution >= 0.6 is 15.9 Å². The zero-order valence-corrected chi connectivity index (χ0v) is 11.2. The van der Waals surface area contributed by atoms with E-state index in [2.05, 4.69) is 26.0 Å². The number of hydrogen-bond donors (Lipinski definition) is 1. The summed E-state index contributed by atoms with van der Waals surface area (Å²) in [5.74, 6) is -0.748. The third-order valence-corrected chi connectivity index (χ3v) is 2.63. The third-order valence-electron chi connectivity index (χ3n) is 2.22. The van der Waals surface area contributed by atoms with Crippen LogP contribution in [0, 0.1) is 0 Å². The Morgan fingerprint density at radius 1 is 1.29 bits per heavy atom. The minimum atomic E-state index is -0.770. The molecule has 0 bridgehead atoms. The van der Waals surface area contributed by atoms with Crippen molar-refractivity contribution in [3.8, 4) is 0 Å². The maximum atomic E-state index is 11.6. The minimum Gasteiger partial charge on any atom is -0.467 e. The number of benzene rings is 1. The van der Waals surface area contributed by atoms with Crippen molar-refractivity contribution in [3.63, 3.8) is 0 Å². The van der Waals surface area contributed by atoms with Crippen LogP contribution in [0.5, 0.6) is 0 Å². The molecule has 4 nitrogen and oxygen atoms in total. The number of carbonyl (C=O) groups excluding carboxylic acids is 2. The first-order valence-corrected chi connectivity index (χ1v) is 6.05. The van der Waals surface area contributed by atoms with Gasteiger partial charge in [-0.25, -0.2) is 4.79 Å². The van der Waals surface area contributed by atoms with Crippen molar-refractivity contribution in [1.29, 1.82) is 0 Å². The summed E-state index contributed by atoms with van der Waals surface area (Å²) in [5.41, 5.74) is 0.695. The van der Waals surface area contributed by atoms with E-state index in [1.165, 1.54) is 7.11 Å². The molecule has 0 heterocycles. The van der Waals surface area contributed by atoms with E-state index in [4.69, 9.17) is 0 Å². The molecule has 1 aromatic carbocycles. The molecule has 0 aliphatic heterocycles. The summed E-state index contributed by atoms with van der Waals surface area (Å²) in [5, 5.41) is 2.62. The molecule has 92 valence electrons. The van der Waals surface area contributed by atoms with Crippen molar-refractivity contribution < 1.29 is 14.3 Å². The summed E-state index contributed by atoms with van der Waals surface area (Å²) in [6, 6.07) is 8.20. The molecule has 0 aliphatic carbocycles. The van der Waals surface area contributed by atoms with Crippen LogP contribution in [0.2, 0.25) is 0 Å². The van der Waals surface area contributed by atoms with Crippen LogP contribution in [-0.4, -0.2) is 23.8 Å². The van der Waals surface area contributed by atoms with E-state index in [0.29, 0.717) is 5.56 Å². The number of halogens is 1. The monoisotopic (exact) mass is 299 g/mol. The molecule has 0 saturated heterocycles. The minimum absolute atomic E-state index is 0.260. The maximum Gasteiger partial charge on any atom is 0.333 e. The Bertz CT molecular complexity index is 392. The van der Waals surface area contributed by atoms with Gasteiger partial charge < -0.3 is 10.1 Å². The van der Waals surface area contributed by atoms with E-state index in [9.17, 15) is 9.59 Å². The Morgan fingerprint density at radius 3 is 2.35 bits per heavy atom. The predicted molar refractivity (Wildman–Crippen MR) is 67.7 cm³/mol. The lowest BCUT2D eigenvalue weighted by atomic mass is 10.1. The van der Waals surface area contributed by atoms with Crippen LogP contribution in [0.3, 0.4) is 0 Å². The zero-order valence-electron chi connectivity index (χ0n) is 9.64. The van der Waals surface area contributed by atoms with Crippen molar-refractivity contribution in [3.05, 3.63) is 35.9 Å². The first-order valence-electron chi connectivity index (χ1n) is 5.13. The average molecular weight is 300 g/mol. The van der Waals surface area contributed by atoms with E-state index < -0.39 is 12.0 Å². The summed E-state index contributed by atoms with van der Waals surface area (Å²) < 4.78 is 4.68. The van der Waals surface area contributed by atoms with Crippen molar-refractivity contribution in [2.75, 3.05) is 7.11 Å². The van der Waals surface area contributed by atoms with Crippen LogP contribution in [-0.2, 0) is 14.3 Å². The van der Waals surface area contributed by atoms with Gasteiger partial charge in [0.1, 0.15) is 0 Å². The topological polar surface area (TPSA) is 55.4 Å². The Kier molecular flexibility index (Phi) is 5.15. The van der Waals surface area contributed by atoms with Crippen molar-refractivity contribution in [2.24, 2.45) is 0 Å². The van der Waals surface area contributed by atoms with E-state index in [0.717, 1.165) is 0 Å². The molecule has 1 aromatic rings. The molecule has 1 N–H and O–H groups in total. The third kappa shape index (κ3) is 3.85. The number of alkyl halides is 1. The highest BCUT2D eigenvalue weighted by atomic mass is 79.9. The highest BCUT2D eigenvalue weighted by Gasteiger charge is 2.24. The van der Waals surface area contributed by atoms with Crippen molar-refractivity contribution in [1.82, 2.24) is 5.32 Å². The Hall–Kier alpha value is -1.36. The fourth-order valence-corrected chi connectivity index (χ4v) is 1.43. The van der Waals surface area contributed by atoms with Crippen LogP contribution in [0.15, 0.2) is 30.3 Å². The molecule has 0 fully saturated rings. The molecule has 0 aromatic heterocycles. The lowest BCUT2D eigenvalue weighted by molar-refractivity contribution is -0.145. The lowest BCUT2D eigenvalue weighted by Crippen LogP contribution is -2.37. The van der Waals surface area contributed by atoms with Gasteiger partial charge in [-0.2, -0.15) is 0 Å². The van der Waals surface area contributed by atoms with Crippen molar-refractivity contribution in [2.45, 2.75) is 17.8 Å². The molecule has 0 aliphatic rings. The first-order chi connectivity index (χ1) is 8.06. The summed E-state index contributed by atoms with van der Waals surface area (Å²) in [6.07, 6.45) is 0. The first kappa shape index (κ1) is 13.7. The van der Waals surface area contributed by atoms with Gasteiger partial charge in [0.15, 0.2) is 6.04 Å². The number of nitrogens with one attached hydrogen (secondary N) is 1. The molecule has 0 saturated carbocycles. The van der Waals surface area contributed by atoms with Crippen LogP contribution in [0.1, 0.15) is 18.5 Å². The number of hydrogen-bond acceptors (Lipinski definition) is 3. The number of carbonyl (C=O) groups is 2. The summed E-state index contributed by atoms with van der Waals surface area (Å²) in [4.78, 5) is 22.8. The number of rotatable bonds is 4. The molecular formula is C12H14BrNO3. The molecule has 2 atom stereocenters. The number of ether oxygens (including phenoxy) is 1. The molecule has 0 spiro atoms. The van der Waals surface area contributed by atoms with E-state index in [-0.39, 0.29) is 10.7 Å². The number of esters is 1. The quantitative estimate of drug-likeness (QED) is 0.681. The number of methoxy groups -OCH3 is 1. The van der Waals surface area contributed by atoms with E-state index in [1.807, 2.05) is 6.07 Å². The van der Waals surface area contributed by atoms with E-state index >= 15 is 0 Å². The summed E-state index contributed by atoms with van der Waals surface area (Å²) in [7, 11) is 1.29. The largest absolute Gasteiger partial charge is 0.467 e. The zero-order chi connectivity index (χ0) is 12.8. The predicted octanol–water partition coefficient (Wildman–Crippen LogP) is 1.80. The van der Waals surface area contributed by atoms with Gasteiger partial charge in [-0.1, -0.05) is 46.3 Å². The van der Waals surface area contributed by atoms with Gasteiger partial charge in [0, 0.05) is 0 Å². The second kappa shape index (κ2) is 6.39. The second-order valence-electron chi connectivity index (χ2n) is 3.49. The van der Waals surface area contributed by atoms with Gasteiger partial charge in [-0.05, 0) is 12.5 Å².